The summed E-state index contributed by atoms with van der Waals surface area (Å²) >= 11 is 10.3. The summed E-state index contributed by atoms with van der Waals surface area (Å²) in [7, 11) is 0. The minimum Gasteiger partial charge on any atom is -0.305 e. The van der Waals surface area contributed by atoms with Crippen molar-refractivity contribution in [1.29, 1.82) is 0 Å². The number of fused-ring (bicyclic) bond motifs is 1. The standard InChI is InChI=1S/C13H7Br3N2O/c14-7-1-4-11-12(5-7)18(13(19)17-11)8-2-3-9(15)10(16)6-8/h1-6H,(H,17,19). The monoisotopic (exact) mass is 444 g/mol. The van der Waals surface area contributed by atoms with Gasteiger partial charge in [-0.05, 0) is 68.3 Å². The van der Waals surface area contributed by atoms with E-state index in [0.29, 0.717) is 0 Å². The van der Waals surface area contributed by atoms with E-state index in [9.17, 15) is 4.79 Å². The van der Waals surface area contributed by atoms with Gasteiger partial charge in [0.2, 0.25) is 0 Å². The number of benzene rings is 2. The molecule has 3 aromatic rings. The highest BCUT2D eigenvalue weighted by molar-refractivity contribution is 9.13. The Morgan fingerprint density at radius 1 is 0.947 bits per heavy atom. The number of imidazole rings is 1. The highest BCUT2D eigenvalue weighted by Gasteiger charge is 2.10. The molecule has 0 spiro atoms. The van der Waals surface area contributed by atoms with Crippen molar-refractivity contribution in [2.45, 2.75) is 0 Å². The molecular weight excluding hydrogens is 440 g/mol. The largest absolute Gasteiger partial charge is 0.331 e. The van der Waals surface area contributed by atoms with E-state index in [2.05, 4.69) is 52.8 Å². The quantitative estimate of drug-likeness (QED) is 0.582. The molecule has 0 aliphatic rings. The molecule has 0 unspecified atom stereocenters. The average molecular weight is 447 g/mol. The molecule has 0 bridgehead atoms. The Kier molecular flexibility index (Phi) is 3.41. The lowest BCUT2D eigenvalue weighted by Crippen LogP contribution is -2.14. The molecule has 1 N–H and O–H groups in total. The summed E-state index contributed by atoms with van der Waals surface area (Å²) in [4.78, 5) is 15.0. The summed E-state index contributed by atoms with van der Waals surface area (Å²) < 4.78 is 4.44. The molecule has 0 atom stereocenters. The molecule has 6 heteroatoms. The first-order valence-electron chi connectivity index (χ1n) is 5.42. The maximum absolute atomic E-state index is 12.1. The maximum Gasteiger partial charge on any atom is 0.331 e. The molecule has 0 aliphatic carbocycles. The fraction of sp³-hybridized carbons (Fsp3) is 0. The number of halogens is 3. The lowest BCUT2D eigenvalue weighted by molar-refractivity contribution is 1.01. The van der Waals surface area contributed by atoms with Gasteiger partial charge in [-0.2, -0.15) is 0 Å². The number of hydrogen-bond acceptors (Lipinski definition) is 1. The van der Waals surface area contributed by atoms with Crippen LogP contribution in [0.25, 0.3) is 16.7 Å². The van der Waals surface area contributed by atoms with Gasteiger partial charge in [-0.3, -0.25) is 4.57 Å². The number of nitrogens with one attached hydrogen (secondary N) is 1. The topological polar surface area (TPSA) is 37.8 Å². The van der Waals surface area contributed by atoms with Crippen LogP contribution in [0.5, 0.6) is 0 Å². The zero-order valence-electron chi connectivity index (χ0n) is 9.45. The van der Waals surface area contributed by atoms with Crippen LogP contribution in [0, 0.1) is 0 Å². The molecular formula is C13H7Br3N2O. The summed E-state index contributed by atoms with van der Waals surface area (Å²) in [6.07, 6.45) is 0. The molecule has 3 nitrogen and oxygen atoms in total. The van der Waals surface area contributed by atoms with Gasteiger partial charge >= 0.3 is 5.69 Å². The maximum atomic E-state index is 12.1. The SMILES string of the molecule is O=c1[nH]c2ccc(Br)cc2n1-c1ccc(Br)c(Br)c1. The normalized spacial score (nSPS) is 11.1. The van der Waals surface area contributed by atoms with E-state index in [1.165, 1.54) is 0 Å². The van der Waals surface area contributed by atoms with Gasteiger partial charge in [-0.15, -0.1) is 0 Å². The third-order valence-corrected chi connectivity index (χ3v) is 5.18. The average Bonchev–Trinajstić information content (AvgIpc) is 2.68. The molecule has 96 valence electrons. The van der Waals surface area contributed by atoms with Crippen molar-refractivity contribution in [2.75, 3.05) is 0 Å². The first-order chi connectivity index (χ1) is 9.06. The number of nitrogens with zero attached hydrogens (tertiary/aromatic N) is 1. The molecule has 0 saturated heterocycles. The van der Waals surface area contributed by atoms with Crippen LogP contribution in [0.4, 0.5) is 0 Å². The Balaban J connectivity index is 2.35. The fourth-order valence-corrected chi connectivity index (χ4v) is 2.92. The molecule has 3 rings (SSSR count). The van der Waals surface area contributed by atoms with Crippen LogP contribution in [0.1, 0.15) is 0 Å². The number of aromatic nitrogens is 2. The van der Waals surface area contributed by atoms with E-state index in [0.717, 1.165) is 30.1 Å². The van der Waals surface area contributed by atoms with Gasteiger partial charge < -0.3 is 4.98 Å². The van der Waals surface area contributed by atoms with E-state index in [1.54, 1.807) is 4.57 Å². The number of rotatable bonds is 1. The van der Waals surface area contributed by atoms with Crippen LogP contribution in [0.15, 0.2) is 54.6 Å². The molecule has 1 aromatic heterocycles. The van der Waals surface area contributed by atoms with Crippen LogP contribution in [-0.2, 0) is 0 Å². The number of hydrogen-bond donors (Lipinski definition) is 1. The number of H-pyrrole nitrogens is 1. The van der Waals surface area contributed by atoms with Crippen molar-refractivity contribution >= 4 is 58.8 Å². The Morgan fingerprint density at radius 3 is 2.47 bits per heavy atom. The Bertz CT molecular complexity index is 836. The summed E-state index contributed by atoms with van der Waals surface area (Å²) in [5.74, 6) is 0. The molecule has 0 amide bonds. The summed E-state index contributed by atoms with van der Waals surface area (Å²) in [6, 6.07) is 11.4. The molecule has 1 heterocycles. The van der Waals surface area contributed by atoms with Gasteiger partial charge in [0.1, 0.15) is 0 Å². The second kappa shape index (κ2) is 4.92. The van der Waals surface area contributed by atoms with Gasteiger partial charge in [-0.25, -0.2) is 4.79 Å². The Labute approximate surface area is 134 Å². The minimum atomic E-state index is -0.151. The Morgan fingerprint density at radius 2 is 1.74 bits per heavy atom. The van der Waals surface area contributed by atoms with Crippen molar-refractivity contribution in [1.82, 2.24) is 9.55 Å². The van der Waals surface area contributed by atoms with Crippen molar-refractivity contribution in [3.05, 3.63) is 60.3 Å². The zero-order valence-corrected chi connectivity index (χ0v) is 14.2. The van der Waals surface area contributed by atoms with Gasteiger partial charge in [-0.1, -0.05) is 15.9 Å². The molecule has 0 fully saturated rings. The summed E-state index contributed by atoms with van der Waals surface area (Å²) in [5, 5.41) is 0. The number of aromatic amines is 1. The van der Waals surface area contributed by atoms with Crippen LogP contribution in [-0.4, -0.2) is 9.55 Å². The highest BCUT2D eigenvalue weighted by Crippen LogP contribution is 2.27. The predicted octanol–water partition coefficient (Wildman–Crippen LogP) is 4.61. The lowest BCUT2D eigenvalue weighted by Gasteiger charge is -2.05. The third-order valence-electron chi connectivity index (χ3n) is 2.81. The van der Waals surface area contributed by atoms with E-state index in [4.69, 9.17) is 0 Å². The van der Waals surface area contributed by atoms with Gasteiger partial charge in [0.05, 0.1) is 16.7 Å². The van der Waals surface area contributed by atoms with Crippen LogP contribution >= 0.6 is 47.8 Å². The van der Waals surface area contributed by atoms with Crippen LogP contribution < -0.4 is 5.69 Å². The minimum absolute atomic E-state index is 0.151. The molecule has 0 radical (unpaired) electrons. The van der Waals surface area contributed by atoms with Gasteiger partial charge in [0, 0.05) is 13.4 Å². The summed E-state index contributed by atoms with van der Waals surface area (Å²) in [6.45, 7) is 0. The first-order valence-corrected chi connectivity index (χ1v) is 7.80. The predicted molar refractivity (Wildman–Crippen MR) is 87.0 cm³/mol. The molecule has 19 heavy (non-hydrogen) atoms. The van der Waals surface area contributed by atoms with Gasteiger partial charge in [0.15, 0.2) is 0 Å². The van der Waals surface area contributed by atoms with Crippen molar-refractivity contribution in [2.24, 2.45) is 0 Å². The highest BCUT2D eigenvalue weighted by atomic mass is 79.9. The third kappa shape index (κ3) is 2.32. The second-order valence-electron chi connectivity index (χ2n) is 4.03. The van der Waals surface area contributed by atoms with Crippen LogP contribution in [0.3, 0.4) is 0 Å². The smallest absolute Gasteiger partial charge is 0.305 e. The fourth-order valence-electron chi connectivity index (χ4n) is 1.96. The van der Waals surface area contributed by atoms with Gasteiger partial charge in [0.25, 0.3) is 0 Å². The van der Waals surface area contributed by atoms with Crippen molar-refractivity contribution in [3.8, 4) is 5.69 Å². The first kappa shape index (κ1) is 13.1. The van der Waals surface area contributed by atoms with Crippen molar-refractivity contribution in [3.63, 3.8) is 0 Å². The zero-order chi connectivity index (χ0) is 13.6. The van der Waals surface area contributed by atoms with Crippen LogP contribution in [0.2, 0.25) is 0 Å². The molecule has 0 saturated carbocycles. The second-order valence-corrected chi connectivity index (χ2v) is 6.65. The van der Waals surface area contributed by atoms with E-state index < -0.39 is 0 Å². The molecule has 0 aliphatic heterocycles. The molecule has 2 aromatic carbocycles. The van der Waals surface area contributed by atoms with E-state index in [1.807, 2.05) is 36.4 Å². The van der Waals surface area contributed by atoms with E-state index in [-0.39, 0.29) is 5.69 Å². The van der Waals surface area contributed by atoms with E-state index >= 15 is 0 Å². The Hall–Kier alpha value is -0.850. The summed E-state index contributed by atoms with van der Waals surface area (Å²) in [5.41, 5.74) is 2.31. The lowest BCUT2D eigenvalue weighted by atomic mass is 10.3. The van der Waals surface area contributed by atoms with Crippen molar-refractivity contribution < 1.29 is 0 Å².